The summed E-state index contributed by atoms with van der Waals surface area (Å²) in [4.78, 5) is 12.5. The van der Waals surface area contributed by atoms with Crippen LogP contribution in [0.5, 0.6) is 0 Å². The molecule has 2 unspecified atom stereocenters. The van der Waals surface area contributed by atoms with Crippen molar-refractivity contribution in [3.05, 3.63) is 35.9 Å². The van der Waals surface area contributed by atoms with Crippen molar-refractivity contribution in [3.8, 4) is 0 Å². The lowest BCUT2D eigenvalue weighted by atomic mass is 9.83. The molecular weight excluding hydrogens is 248 g/mol. The molecule has 1 aliphatic rings. The molecule has 0 aliphatic carbocycles. The highest BCUT2D eigenvalue weighted by atomic mass is 16.2. The molecule has 110 valence electrons. The third-order valence-electron chi connectivity index (χ3n) is 4.28. The summed E-state index contributed by atoms with van der Waals surface area (Å²) in [5.74, 6) is 0.101. The number of rotatable bonds is 4. The highest BCUT2D eigenvalue weighted by Gasteiger charge is 2.30. The topological polar surface area (TPSA) is 41.1 Å². The predicted octanol–water partition coefficient (Wildman–Crippen LogP) is 2.61. The summed E-state index contributed by atoms with van der Waals surface area (Å²) in [5.41, 5.74) is 0.573. The summed E-state index contributed by atoms with van der Waals surface area (Å²) < 4.78 is 0. The molecule has 1 heterocycles. The SMILES string of the molecule is CC1CCCC(CNC(=O)C(C)(C)c2ccccc2)N1. The smallest absolute Gasteiger partial charge is 0.230 e. The fraction of sp³-hybridized carbons (Fsp3) is 0.588. The molecular formula is C17H26N2O. The van der Waals surface area contributed by atoms with Crippen LogP contribution in [-0.4, -0.2) is 24.5 Å². The third kappa shape index (κ3) is 3.60. The van der Waals surface area contributed by atoms with Crippen LogP contribution >= 0.6 is 0 Å². The third-order valence-corrected chi connectivity index (χ3v) is 4.28. The van der Waals surface area contributed by atoms with Gasteiger partial charge in [0, 0.05) is 18.6 Å². The molecule has 0 spiro atoms. The van der Waals surface area contributed by atoms with E-state index in [0.717, 1.165) is 18.5 Å². The van der Waals surface area contributed by atoms with E-state index in [1.807, 2.05) is 44.2 Å². The Balaban J connectivity index is 1.91. The van der Waals surface area contributed by atoms with Crippen molar-refractivity contribution in [2.75, 3.05) is 6.54 Å². The largest absolute Gasteiger partial charge is 0.354 e. The minimum Gasteiger partial charge on any atom is -0.354 e. The Morgan fingerprint density at radius 2 is 2.00 bits per heavy atom. The number of nitrogens with one attached hydrogen (secondary N) is 2. The van der Waals surface area contributed by atoms with Crippen LogP contribution in [0.25, 0.3) is 0 Å². The number of hydrogen-bond donors (Lipinski definition) is 2. The molecule has 0 aromatic heterocycles. The van der Waals surface area contributed by atoms with Crippen molar-refractivity contribution in [2.45, 2.75) is 57.5 Å². The molecule has 2 rings (SSSR count). The highest BCUT2D eigenvalue weighted by Crippen LogP contribution is 2.23. The van der Waals surface area contributed by atoms with Crippen molar-refractivity contribution in [1.29, 1.82) is 0 Å². The number of piperidine rings is 1. The first-order chi connectivity index (χ1) is 9.50. The van der Waals surface area contributed by atoms with Gasteiger partial charge in [-0.3, -0.25) is 4.79 Å². The van der Waals surface area contributed by atoms with Gasteiger partial charge in [-0.05, 0) is 39.2 Å². The second-order valence-electron chi connectivity index (χ2n) is 6.40. The predicted molar refractivity (Wildman–Crippen MR) is 82.7 cm³/mol. The molecule has 1 saturated heterocycles. The summed E-state index contributed by atoms with van der Waals surface area (Å²) in [6.45, 7) is 6.89. The van der Waals surface area contributed by atoms with Crippen LogP contribution < -0.4 is 10.6 Å². The molecule has 20 heavy (non-hydrogen) atoms. The van der Waals surface area contributed by atoms with Crippen LogP contribution in [0.4, 0.5) is 0 Å². The first-order valence-corrected chi connectivity index (χ1v) is 7.60. The van der Waals surface area contributed by atoms with E-state index in [4.69, 9.17) is 0 Å². The molecule has 3 heteroatoms. The van der Waals surface area contributed by atoms with E-state index in [-0.39, 0.29) is 5.91 Å². The molecule has 2 atom stereocenters. The van der Waals surface area contributed by atoms with E-state index in [2.05, 4.69) is 17.6 Å². The van der Waals surface area contributed by atoms with Crippen molar-refractivity contribution < 1.29 is 4.79 Å². The zero-order chi connectivity index (χ0) is 14.6. The summed E-state index contributed by atoms with van der Waals surface area (Å²) >= 11 is 0. The maximum absolute atomic E-state index is 12.5. The Bertz CT molecular complexity index is 442. The van der Waals surface area contributed by atoms with Crippen molar-refractivity contribution in [2.24, 2.45) is 0 Å². The van der Waals surface area contributed by atoms with Gasteiger partial charge in [0.2, 0.25) is 5.91 Å². The zero-order valence-corrected chi connectivity index (χ0v) is 12.8. The van der Waals surface area contributed by atoms with Gasteiger partial charge in [0.25, 0.3) is 0 Å². The van der Waals surface area contributed by atoms with Gasteiger partial charge in [-0.2, -0.15) is 0 Å². The van der Waals surface area contributed by atoms with Crippen molar-refractivity contribution in [3.63, 3.8) is 0 Å². The molecule has 1 aromatic carbocycles. The number of benzene rings is 1. The maximum Gasteiger partial charge on any atom is 0.230 e. The van der Waals surface area contributed by atoms with Crippen LogP contribution in [0.3, 0.4) is 0 Å². The summed E-state index contributed by atoms with van der Waals surface area (Å²) in [5, 5.41) is 6.66. The van der Waals surface area contributed by atoms with E-state index >= 15 is 0 Å². The lowest BCUT2D eigenvalue weighted by Crippen LogP contribution is -2.50. The molecule has 2 N–H and O–H groups in total. The molecule has 1 amide bonds. The zero-order valence-electron chi connectivity index (χ0n) is 12.8. The Hall–Kier alpha value is -1.35. The van der Waals surface area contributed by atoms with Crippen LogP contribution in [0.1, 0.15) is 45.6 Å². The molecule has 1 aliphatic heterocycles. The monoisotopic (exact) mass is 274 g/mol. The van der Waals surface area contributed by atoms with Gasteiger partial charge in [0.1, 0.15) is 0 Å². The molecule has 3 nitrogen and oxygen atoms in total. The van der Waals surface area contributed by atoms with Crippen LogP contribution in [0.15, 0.2) is 30.3 Å². The lowest BCUT2D eigenvalue weighted by molar-refractivity contribution is -0.125. The van der Waals surface area contributed by atoms with Gasteiger partial charge in [-0.1, -0.05) is 36.8 Å². The Morgan fingerprint density at radius 3 is 2.65 bits per heavy atom. The van der Waals surface area contributed by atoms with E-state index in [1.54, 1.807) is 0 Å². The van der Waals surface area contributed by atoms with Gasteiger partial charge in [0.05, 0.1) is 5.41 Å². The standard InChI is InChI=1S/C17H26N2O/c1-13-8-7-11-15(19-13)12-18-16(20)17(2,3)14-9-5-4-6-10-14/h4-6,9-10,13,15,19H,7-8,11-12H2,1-3H3,(H,18,20). The number of hydrogen-bond acceptors (Lipinski definition) is 2. The number of carbonyl (C=O) groups is 1. The Kier molecular flexibility index (Phi) is 4.81. The second-order valence-corrected chi connectivity index (χ2v) is 6.40. The molecule has 1 fully saturated rings. The van der Waals surface area contributed by atoms with Gasteiger partial charge in [0.15, 0.2) is 0 Å². The van der Waals surface area contributed by atoms with Crippen molar-refractivity contribution >= 4 is 5.91 Å². The quantitative estimate of drug-likeness (QED) is 0.886. The van der Waals surface area contributed by atoms with Gasteiger partial charge in [-0.15, -0.1) is 0 Å². The second kappa shape index (κ2) is 6.40. The minimum absolute atomic E-state index is 0.101. The molecule has 0 radical (unpaired) electrons. The molecule has 1 aromatic rings. The highest BCUT2D eigenvalue weighted by molar-refractivity contribution is 5.87. The number of amides is 1. The lowest BCUT2D eigenvalue weighted by Gasteiger charge is -2.30. The van der Waals surface area contributed by atoms with Crippen LogP contribution in [-0.2, 0) is 10.2 Å². The van der Waals surface area contributed by atoms with Gasteiger partial charge in [-0.25, -0.2) is 0 Å². The summed E-state index contributed by atoms with van der Waals surface area (Å²) in [6, 6.07) is 10.9. The van der Waals surface area contributed by atoms with E-state index in [1.165, 1.54) is 12.8 Å². The van der Waals surface area contributed by atoms with Crippen LogP contribution in [0, 0.1) is 0 Å². The molecule has 0 saturated carbocycles. The first kappa shape index (κ1) is 15.0. The summed E-state index contributed by atoms with van der Waals surface area (Å²) in [6.07, 6.45) is 3.63. The molecule has 0 bridgehead atoms. The Labute approximate surface area is 122 Å². The first-order valence-electron chi connectivity index (χ1n) is 7.60. The minimum atomic E-state index is -0.485. The van der Waals surface area contributed by atoms with Crippen molar-refractivity contribution in [1.82, 2.24) is 10.6 Å². The van der Waals surface area contributed by atoms with E-state index in [9.17, 15) is 4.79 Å². The normalized spacial score (nSPS) is 23.4. The van der Waals surface area contributed by atoms with Gasteiger partial charge >= 0.3 is 0 Å². The van der Waals surface area contributed by atoms with E-state index < -0.39 is 5.41 Å². The Morgan fingerprint density at radius 1 is 1.30 bits per heavy atom. The fourth-order valence-electron chi connectivity index (χ4n) is 2.82. The van der Waals surface area contributed by atoms with Crippen LogP contribution in [0.2, 0.25) is 0 Å². The summed E-state index contributed by atoms with van der Waals surface area (Å²) in [7, 11) is 0. The fourth-order valence-corrected chi connectivity index (χ4v) is 2.82. The van der Waals surface area contributed by atoms with E-state index in [0.29, 0.717) is 12.1 Å². The average Bonchev–Trinajstić information content (AvgIpc) is 2.45. The number of carbonyl (C=O) groups excluding carboxylic acids is 1. The van der Waals surface area contributed by atoms with Gasteiger partial charge < -0.3 is 10.6 Å². The maximum atomic E-state index is 12.5. The average molecular weight is 274 g/mol.